The van der Waals surface area contributed by atoms with Crippen molar-refractivity contribution in [2.75, 3.05) is 13.1 Å². The Labute approximate surface area is 315 Å². The quantitative estimate of drug-likeness (QED) is 0.343. The fourth-order valence-corrected chi connectivity index (χ4v) is 5.50. The van der Waals surface area contributed by atoms with E-state index in [0.717, 1.165) is 60.2 Å². The topological polar surface area (TPSA) is 70.1 Å². The second-order valence-corrected chi connectivity index (χ2v) is 18.1. The van der Waals surface area contributed by atoms with E-state index < -0.39 is 0 Å². The largest absolute Gasteiger partial charge is 0.351 e. The van der Waals surface area contributed by atoms with Gasteiger partial charge in [-0.3, -0.25) is 0 Å². The van der Waals surface area contributed by atoms with Crippen molar-refractivity contribution < 1.29 is 4.79 Å². The van der Waals surface area contributed by atoms with Crippen LogP contribution in [0.2, 0.25) is 5.02 Å². The van der Waals surface area contributed by atoms with Gasteiger partial charge in [-0.05, 0) is 94.6 Å². The van der Waals surface area contributed by atoms with Crippen LogP contribution >= 0.6 is 11.6 Å². The number of nitrogens with two attached hydrogens (primary N) is 1. The highest BCUT2D eigenvalue weighted by atomic mass is 35.5. The van der Waals surface area contributed by atoms with Crippen LogP contribution in [-0.2, 0) is 0 Å². The summed E-state index contributed by atoms with van der Waals surface area (Å²) in [5.74, 6) is 4.64. The molecular weight excluding hydrogens is 634 g/mol. The van der Waals surface area contributed by atoms with Crippen LogP contribution in [0.3, 0.4) is 0 Å². The lowest BCUT2D eigenvalue weighted by atomic mass is 9.71. The van der Waals surface area contributed by atoms with Gasteiger partial charge in [0, 0.05) is 18.1 Å². The van der Waals surface area contributed by atoms with E-state index in [4.69, 9.17) is 22.6 Å². The first kappa shape index (κ1) is 47.5. The lowest BCUT2D eigenvalue weighted by Crippen LogP contribution is -2.42. The summed E-state index contributed by atoms with van der Waals surface area (Å²) in [5.41, 5.74) is 9.40. The first-order chi connectivity index (χ1) is 23.1. The molecule has 2 amide bonds. The number of hydrogen-bond acceptors (Lipinski definition) is 2. The number of hydrogen-bond donors (Lipinski definition) is 1. The van der Waals surface area contributed by atoms with Gasteiger partial charge in [0.25, 0.3) is 0 Å². The van der Waals surface area contributed by atoms with E-state index in [1.807, 2.05) is 36.4 Å². The van der Waals surface area contributed by atoms with E-state index in [-0.39, 0.29) is 6.03 Å². The van der Waals surface area contributed by atoms with Crippen molar-refractivity contribution in [3.63, 3.8) is 0 Å². The molecular formula is C45H76ClN3O. The smallest absolute Gasteiger partial charge is 0.314 e. The lowest BCUT2D eigenvalue weighted by molar-refractivity contribution is 0.157. The number of nitriles is 1. The number of halogens is 1. The Morgan fingerprint density at radius 2 is 1.04 bits per heavy atom. The maximum atomic E-state index is 10.8. The Kier molecular flexibility index (Phi) is 22.7. The zero-order valence-electron chi connectivity index (χ0n) is 34.7. The SMILES string of the molecule is CC(C)(C)C(C)(C)C.CC(C)C1CCCCC1.CC(C)C1CCN(C(N)=O)CC1.CC(C)c1ccc(C#N)cc1.CC(C)c1ccc(Cl)cc1. The van der Waals surface area contributed by atoms with Crippen LogP contribution in [-0.4, -0.2) is 24.0 Å². The van der Waals surface area contributed by atoms with E-state index in [9.17, 15) is 4.79 Å². The molecule has 0 aromatic heterocycles. The fourth-order valence-electron chi connectivity index (χ4n) is 5.38. The van der Waals surface area contributed by atoms with E-state index in [1.54, 1.807) is 4.90 Å². The third-order valence-electron chi connectivity index (χ3n) is 10.9. The summed E-state index contributed by atoms with van der Waals surface area (Å²) in [6.07, 6.45) is 9.69. The summed E-state index contributed by atoms with van der Waals surface area (Å²) in [7, 11) is 0. The number of likely N-dealkylation sites (tertiary alicyclic amines) is 1. The van der Waals surface area contributed by atoms with Crippen molar-refractivity contribution in [2.45, 2.75) is 154 Å². The minimum absolute atomic E-state index is 0.266. The highest BCUT2D eigenvalue weighted by Crippen LogP contribution is 2.36. The predicted octanol–water partition coefficient (Wildman–Crippen LogP) is 13.9. The zero-order valence-corrected chi connectivity index (χ0v) is 35.5. The first-order valence-corrected chi connectivity index (χ1v) is 19.8. The monoisotopic (exact) mass is 710 g/mol. The summed E-state index contributed by atoms with van der Waals surface area (Å²) in [6.45, 7) is 33.1. The number of amides is 2. The average molecular weight is 711 g/mol. The van der Waals surface area contributed by atoms with Gasteiger partial charge in [0.15, 0.2) is 0 Å². The molecule has 5 heteroatoms. The molecule has 0 radical (unpaired) electrons. The van der Waals surface area contributed by atoms with Crippen molar-refractivity contribution in [1.82, 2.24) is 4.90 Å². The Balaban J connectivity index is 0.000000605. The highest BCUT2D eigenvalue weighted by Gasteiger charge is 2.27. The van der Waals surface area contributed by atoms with Gasteiger partial charge >= 0.3 is 6.03 Å². The van der Waals surface area contributed by atoms with E-state index in [1.165, 1.54) is 43.2 Å². The van der Waals surface area contributed by atoms with Gasteiger partial charge in [-0.15, -0.1) is 0 Å². The molecule has 2 N–H and O–H groups in total. The van der Waals surface area contributed by atoms with E-state index in [2.05, 4.69) is 115 Å². The Morgan fingerprint density at radius 3 is 1.32 bits per heavy atom. The van der Waals surface area contributed by atoms with Crippen molar-refractivity contribution >= 4 is 17.6 Å². The van der Waals surface area contributed by atoms with Crippen LogP contribution in [0.25, 0.3) is 0 Å². The molecule has 2 aromatic rings. The van der Waals surface area contributed by atoms with E-state index in [0.29, 0.717) is 22.7 Å². The molecule has 1 aliphatic heterocycles. The van der Waals surface area contributed by atoms with Gasteiger partial charge in [0.05, 0.1) is 11.6 Å². The molecule has 0 unspecified atom stereocenters. The summed E-state index contributed by atoms with van der Waals surface area (Å²) in [4.78, 5) is 12.5. The van der Waals surface area contributed by atoms with Crippen LogP contribution in [0.4, 0.5) is 4.79 Å². The first-order valence-electron chi connectivity index (χ1n) is 19.4. The molecule has 4 rings (SSSR count). The minimum Gasteiger partial charge on any atom is -0.351 e. The number of rotatable bonds is 4. The number of carbonyl (C=O) groups is 1. The molecule has 0 atom stereocenters. The standard InChI is InChI=1S/C10H11N.C9H11Cl.C9H18N2O.C9H18.C8H18/c1-8(2)10-5-3-9(7-11)4-6-10;1-7(2)8-3-5-9(10)6-4-8;1-7(2)8-3-5-11(6-4-8)9(10)12;1-8(2)9-6-4-3-5-7-9;1-7(2,3)8(4,5)6/h3-6,8H,1-2H3;3-7H,1-2H3;7-8H,3-6H2,1-2H3,(H2,10,12);8-9H,3-7H2,1-2H3;1-6H3. The number of benzene rings is 2. The van der Waals surface area contributed by atoms with Crippen molar-refractivity contribution in [3.8, 4) is 6.07 Å². The van der Waals surface area contributed by atoms with Crippen LogP contribution in [0.1, 0.15) is 170 Å². The lowest BCUT2D eigenvalue weighted by Gasteiger charge is -2.34. The number of piperidine rings is 1. The predicted molar refractivity (Wildman–Crippen MR) is 220 cm³/mol. The second-order valence-electron chi connectivity index (χ2n) is 17.6. The molecule has 1 saturated carbocycles. The normalized spacial score (nSPS) is 15.4. The third kappa shape index (κ3) is 20.4. The van der Waals surface area contributed by atoms with Gasteiger partial charge in [-0.25, -0.2) is 4.79 Å². The van der Waals surface area contributed by atoms with Crippen molar-refractivity contribution in [1.29, 1.82) is 5.26 Å². The number of primary amides is 1. The van der Waals surface area contributed by atoms with Gasteiger partial charge in [0.2, 0.25) is 0 Å². The molecule has 0 spiro atoms. The summed E-state index contributed by atoms with van der Waals surface area (Å²) >= 11 is 5.72. The van der Waals surface area contributed by atoms with Crippen LogP contribution < -0.4 is 5.73 Å². The van der Waals surface area contributed by atoms with Gasteiger partial charge in [-0.2, -0.15) is 5.26 Å². The summed E-state index contributed by atoms with van der Waals surface area (Å²) < 4.78 is 0. The molecule has 284 valence electrons. The van der Waals surface area contributed by atoms with Crippen LogP contribution in [0.5, 0.6) is 0 Å². The molecule has 0 bridgehead atoms. The molecule has 2 aromatic carbocycles. The fraction of sp³-hybridized carbons (Fsp3) is 0.689. The zero-order chi connectivity index (χ0) is 38.7. The average Bonchev–Trinajstić information content (AvgIpc) is 3.05. The van der Waals surface area contributed by atoms with Crippen molar-refractivity contribution in [3.05, 3.63) is 70.2 Å². The van der Waals surface area contributed by atoms with Gasteiger partial charge < -0.3 is 10.6 Å². The molecule has 1 heterocycles. The molecule has 2 aliphatic rings. The number of nitrogens with zero attached hydrogens (tertiary/aromatic N) is 2. The summed E-state index contributed by atoms with van der Waals surface area (Å²) in [6, 6.07) is 17.5. The number of carbonyl (C=O) groups excluding carboxylic acids is 1. The second kappa shape index (κ2) is 23.9. The Bertz CT molecular complexity index is 1190. The molecule has 1 aliphatic carbocycles. The molecule has 1 saturated heterocycles. The van der Waals surface area contributed by atoms with Gasteiger partial charge in [0.1, 0.15) is 0 Å². The Morgan fingerprint density at radius 1 is 0.680 bits per heavy atom. The molecule has 2 fully saturated rings. The maximum absolute atomic E-state index is 10.8. The minimum atomic E-state index is -0.266. The third-order valence-corrected chi connectivity index (χ3v) is 11.1. The number of urea groups is 1. The highest BCUT2D eigenvalue weighted by molar-refractivity contribution is 6.30. The van der Waals surface area contributed by atoms with Crippen molar-refractivity contribution in [2.24, 2.45) is 40.2 Å². The molecule has 50 heavy (non-hydrogen) atoms. The van der Waals surface area contributed by atoms with Crippen LogP contribution in [0.15, 0.2) is 48.5 Å². The molecule has 4 nitrogen and oxygen atoms in total. The maximum Gasteiger partial charge on any atom is 0.314 e. The summed E-state index contributed by atoms with van der Waals surface area (Å²) in [5, 5.41) is 9.33. The van der Waals surface area contributed by atoms with Gasteiger partial charge in [-0.1, -0.05) is 165 Å². The van der Waals surface area contributed by atoms with Crippen LogP contribution in [0, 0.1) is 45.8 Å². The Hall–Kier alpha value is -2.51. The van der Waals surface area contributed by atoms with E-state index >= 15 is 0 Å².